The highest BCUT2D eigenvalue weighted by atomic mass is 35.5. The van der Waals surface area contributed by atoms with Gasteiger partial charge in [-0.15, -0.1) is 56.7 Å². The topological polar surface area (TPSA) is 109 Å². The number of anilines is 5. The molecule has 15 aromatic rings. The second kappa shape index (κ2) is 43.1. The van der Waals surface area contributed by atoms with Crippen LogP contribution in [0.1, 0.15) is 103 Å². The number of ether oxygens (including phenoxy) is 1. The fourth-order valence-electron chi connectivity index (χ4n) is 17.7. The molecule has 628 valence electrons. The number of thiophene rings is 5. The maximum atomic E-state index is 13.2. The van der Waals surface area contributed by atoms with E-state index in [0.29, 0.717) is 30.2 Å². The average Bonchev–Trinajstić information content (AvgIpc) is 1.62. The van der Waals surface area contributed by atoms with Gasteiger partial charge in [0.05, 0.1) is 18.7 Å². The normalized spacial score (nSPS) is 15.5. The van der Waals surface area contributed by atoms with Crippen molar-refractivity contribution in [2.24, 2.45) is 0 Å². The first-order chi connectivity index (χ1) is 60.1. The van der Waals surface area contributed by atoms with Gasteiger partial charge in [0.1, 0.15) is 11.6 Å². The van der Waals surface area contributed by atoms with Crippen LogP contribution in [0.3, 0.4) is 0 Å². The molecule has 12 nitrogen and oxygen atoms in total. The minimum absolute atomic E-state index is 0.174. The molecule has 5 fully saturated rings. The molecule has 19 heteroatoms. The monoisotopic (exact) mass is 1730 g/mol. The van der Waals surface area contributed by atoms with Crippen LogP contribution in [0, 0.1) is 24.1 Å². The van der Waals surface area contributed by atoms with Gasteiger partial charge in [-0.05, 0) is 382 Å². The number of methoxy groups -OCH3 is 1. The van der Waals surface area contributed by atoms with E-state index in [1.165, 1.54) is 145 Å². The molecule has 0 spiro atoms. The molecule has 5 N–H and O–H groups in total. The van der Waals surface area contributed by atoms with E-state index in [1.807, 2.05) is 65.1 Å². The van der Waals surface area contributed by atoms with Crippen LogP contribution in [0.25, 0.3) is 50.4 Å². The van der Waals surface area contributed by atoms with Gasteiger partial charge in [-0.2, -0.15) is 5.26 Å². The number of aryl methyl sites for hydroxylation is 1. The first-order valence-electron chi connectivity index (χ1n) is 43.5. The van der Waals surface area contributed by atoms with Gasteiger partial charge >= 0.3 is 0 Å². The van der Waals surface area contributed by atoms with Gasteiger partial charge in [-0.25, -0.2) is 4.39 Å². The molecule has 0 aliphatic carbocycles. The van der Waals surface area contributed by atoms with E-state index in [-0.39, 0.29) is 5.82 Å². The van der Waals surface area contributed by atoms with Gasteiger partial charge in [-0.3, -0.25) is 0 Å². The number of nitriles is 1. The molecule has 20 rings (SSSR count). The zero-order valence-corrected chi connectivity index (χ0v) is 74.8. The number of fused-ring (bicyclic) bond motifs is 5. The van der Waals surface area contributed by atoms with E-state index in [2.05, 4.69) is 279 Å². The number of rotatable bonds is 21. The summed E-state index contributed by atoms with van der Waals surface area (Å²) >= 11 is 15.4. The largest absolute Gasteiger partial charge is 0.497 e. The highest BCUT2D eigenvalue weighted by Crippen LogP contribution is 2.38. The van der Waals surface area contributed by atoms with Crippen molar-refractivity contribution in [3.05, 3.63) is 319 Å². The molecular formula is C103H111ClFN11OS5. The van der Waals surface area contributed by atoms with E-state index in [1.54, 1.807) is 53.3 Å². The van der Waals surface area contributed by atoms with E-state index in [0.717, 1.165) is 146 Å². The van der Waals surface area contributed by atoms with E-state index < -0.39 is 0 Å². The molecule has 0 amide bonds. The van der Waals surface area contributed by atoms with Crippen LogP contribution in [0.5, 0.6) is 5.75 Å². The summed E-state index contributed by atoms with van der Waals surface area (Å²) in [6, 6.07) is 90.7. The minimum Gasteiger partial charge on any atom is -0.497 e. The van der Waals surface area contributed by atoms with Crippen LogP contribution in [-0.4, -0.2) is 103 Å². The molecule has 0 bridgehead atoms. The standard InChI is InChI=1S/C21H21N3S.C21H24N2OS.C21H24N2S.C20H21ClN2S.C20H21FN2S/c22-14-16-1-3-17(4-2-16)15-24(19-7-10-23-11-8-19)20-5-6-21-18(13-20)9-12-25-21;1-24-20-4-2-3-16(13-20)15-23(18-7-10-22-11-8-18)19-5-6-21-17(14-19)9-12-25-21;1-16-2-4-17(5-3-16)15-23(19-8-11-22-12-9-19)20-6-7-21-18(14-20)10-13-24-21;21-19-4-2-1-3-16(19)14-23(17-7-10-22-11-8-17)18-5-6-20-15(13-18)9-12-24-20;21-17-3-1-15(2-4-17)14-23(18-7-10-22-11-8-18)19-5-6-20-16(13-19)9-12-24-20/h1-6,9,12-13,19,23H,7-8,10-11,15H2;2-6,9,12-14,18,22H,7-8,10-11,15H2,1H3;2-7,10,13-14,19,22H,8-9,11-12,15H2,1H3;1-6,9,12-13,17,22H,7-8,10-11,14H2;1-6,9,12-13,18,22H,7-8,10-11,14H2. The predicted octanol–water partition coefficient (Wildman–Crippen LogP) is 24.3. The fraction of sp³-hybridized carbons (Fsp3) is 0.311. The summed E-state index contributed by atoms with van der Waals surface area (Å²) in [7, 11) is 1.73. The van der Waals surface area contributed by atoms with Crippen LogP contribution in [0.2, 0.25) is 5.02 Å². The van der Waals surface area contributed by atoms with Crippen molar-refractivity contribution in [3.8, 4) is 11.8 Å². The number of hydrogen-bond acceptors (Lipinski definition) is 17. The zero-order valence-electron chi connectivity index (χ0n) is 69.9. The number of piperidine rings is 5. The number of hydrogen-bond donors (Lipinski definition) is 5. The van der Waals surface area contributed by atoms with Gasteiger partial charge in [0.2, 0.25) is 0 Å². The quantitative estimate of drug-likeness (QED) is 0.0473. The summed E-state index contributed by atoms with van der Waals surface area (Å²) in [6.07, 6.45) is 11.8. The van der Waals surface area contributed by atoms with Crippen LogP contribution in [-0.2, 0) is 32.7 Å². The number of benzene rings is 10. The number of halogens is 2. The molecular weight excluding hydrogens is 1620 g/mol. The molecule has 10 heterocycles. The smallest absolute Gasteiger partial charge is 0.123 e. The van der Waals surface area contributed by atoms with Crippen LogP contribution < -0.4 is 55.8 Å². The Balaban J connectivity index is 0.000000113. The molecule has 5 aliphatic heterocycles. The third-order valence-corrected chi connectivity index (χ3v) is 29.4. The molecule has 0 saturated carbocycles. The predicted molar refractivity (Wildman–Crippen MR) is 523 cm³/mol. The van der Waals surface area contributed by atoms with Gasteiger partial charge in [0.25, 0.3) is 0 Å². The molecule has 5 saturated heterocycles. The Morgan fingerprint density at radius 2 is 0.648 bits per heavy atom. The van der Waals surface area contributed by atoms with Crippen molar-refractivity contribution in [1.82, 2.24) is 26.6 Å². The van der Waals surface area contributed by atoms with Crippen molar-refractivity contribution in [2.45, 2.75) is 134 Å². The lowest BCUT2D eigenvalue weighted by atomic mass is 10.0. The highest BCUT2D eigenvalue weighted by Gasteiger charge is 2.28. The molecule has 10 aromatic carbocycles. The number of nitrogens with one attached hydrogen (secondary N) is 5. The fourth-order valence-corrected chi connectivity index (χ4v) is 21.8. The highest BCUT2D eigenvalue weighted by molar-refractivity contribution is 7.18. The number of nitrogens with zero attached hydrogens (tertiary/aromatic N) is 6. The van der Waals surface area contributed by atoms with Crippen molar-refractivity contribution in [1.29, 1.82) is 5.26 Å². The first-order valence-corrected chi connectivity index (χ1v) is 48.2. The zero-order chi connectivity index (χ0) is 83.2. The molecule has 5 aliphatic rings. The maximum absolute atomic E-state index is 13.2. The molecule has 0 atom stereocenters. The lowest BCUT2D eigenvalue weighted by Crippen LogP contribution is -2.43. The summed E-state index contributed by atoms with van der Waals surface area (Å²) in [5, 5.41) is 44.7. The SMILES string of the molecule is COc1cccc(CN(c2ccc3sccc3c2)C2CCNCC2)c1.Cc1ccc(CN(c2ccc3sccc3c2)C2CCNCC2)cc1.Clc1ccccc1CN(c1ccc2sccc2c1)C1CCNCC1.Fc1ccc(CN(c2ccc3sccc3c2)C2CCNCC2)cc1.N#Cc1ccc(CN(c2ccc3sccc3c2)C2CCNCC2)cc1. The van der Waals surface area contributed by atoms with Gasteiger partial charge in [0, 0.05) is 120 Å². The summed E-state index contributed by atoms with van der Waals surface area (Å²) < 4.78 is 25.4. The summed E-state index contributed by atoms with van der Waals surface area (Å²) in [5.74, 6) is 0.753. The van der Waals surface area contributed by atoms with Crippen molar-refractivity contribution in [3.63, 3.8) is 0 Å². The first kappa shape index (κ1) is 85.9. The van der Waals surface area contributed by atoms with Crippen LogP contribution in [0.15, 0.2) is 270 Å². The average molecular weight is 1730 g/mol. The Hall–Kier alpha value is -9.69. The van der Waals surface area contributed by atoms with Crippen molar-refractivity contribution in [2.75, 3.05) is 97.1 Å². The Morgan fingerprint density at radius 1 is 0.344 bits per heavy atom. The molecule has 0 unspecified atom stereocenters. The van der Waals surface area contributed by atoms with Gasteiger partial charge < -0.3 is 55.8 Å². The van der Waals surface area contributed by atoms with E-state index in [4.69, 9.17) is 21.6 Å². The van der Waals surface area contributed by atoms with E-state index in [9.17, 15) is 4.39 Å². The maximum Gasteiger partial charge on any atom is 0.123 e. The Kier molecular flexibility index (Phi) is 30.3. The lowest BCUT2D eigenvalue weighted by Gasteiger charge is -2.37. The van der Waals surface area contributed by atoms with Crippen molar-refractivity contribution < 1.29 is 9.13 Å². The Labute approximate surface area is 744 Å². The Morgan fingerprint density at radius 3 is 0.967 bits per heavy atom. The second-order valence-electron chi connectivity index (χ2n) is 32.6. The van der Waals surface area contributed by atoms with Crippen molar-refractivity contribution >= 4 is 147 Å². The van der Waals surface area contributed by atoms with E-state index >= 15 is 0 Å². The lowest BCUT2D eigenvalue weighted by molar-refractivity contribution is 0.412. The van der Waals surface area contributed by atoms with Crippen LogP contribution >= 0.6 is 68.3 Å². The molecule has 122 heavy (non-hydrogen) atoms. The van der Waals surface area contributed by atoms with Gasteiger partial charge in [0.15, 0.2) is 0 Å². The summed E-state index contributed by atoms with van der Waals surface area (Å²) in [6.45, 7) is 17.5. The van der Waals surface area contributed by atoms with Crippen LogP contribution in [0.4, 0.5) is 32.8 Å². The molecule has 5 aromatic heterocycles. The third-order valence-electron chi connectivity index (χ3n) is 24.5. The summed E-state index contributed by atoms with van der Waals surface area (Å²) in [5.41, 5.74) is 14.9. The molecule has 0 radical (unpaired) electrons. The minimum atomic E-state index is -0.174. The third kappa shape index (κ3) is 22.8. The summed E-state index contributed by atoms with van der Waals surface area (Å²) in [4.78, 5) is 12.8. The Bertz CT molecular complexity index is 5670. The van der Waals surface area contributed by atoms with Gasteiger partial charge in [-0.1, -0.05) is 96.0 Å². The second-order valence-corrected chi connectivity index (χ2v) is 37.8.